The van der Waals surface area contributed by atoms with Crippen molar-refractivity contribution in [1.82, 2.24) is 15.2 Å². The van der Waals surface area contributed by atoms with E-state index in [1.165, 1.54) is 0 Å². The molecule has 0 saturated heterocycles. The van der Waals surface area contributed by atoms with E-state index in [4.69, 9.17) is 27.9 Å². The molecule has 0 radical (unpaired) electrons. The number of hydrogen-bond acceptors (Lipinski definition) is 5. The number of halogens is 2. The SMILES string of the molecule is COCCNc1nc(Cl)nnc1Cl. The van der Waals surface area contributed by atoms with Crippen LogP contribution < -0.4 is 5.32 Å². The average Bonchev–Trinajstić information content (AvgIpc) is 2.11. The topological polar surface area (TPSA) is 59.9 Å². The minimum Gasteiger partial charge on any atom is -0.383 e. The van der Waals surface area contributed by atoms with Crippen molar-refractivity contribution in [3.63, 3.8) is 0 Å². The van der Waals surface area contributed by atoms with Gasteiger partial charge in [-0.15, -0.1) is 10.2 Å². The highest BCUT2D eigenvalue weighted by molar-refractivity contribution is 6.32. The van der Waals surface area contributed by atoms with Crippen LogP contribution in [0.25, 0.3) is 0 Å². The van der Waals surface area contributed by atoms with Gasteiger partial charge in [0.1, 0.15) is 0 Å². The van der Waals surface area contributed by atoms with Gasteiger partial charge in [0.05, 0.1) is 6.61 Å². The molecule has 1 N–H and O–H groups in total. The Kier molecular flexibility index (Phi) is 4.14. The van der Waals surface area contributed by atoms with Gasteiger partial charge < -0.3 is 10.1 Å². The zero-order chi connectivity index (χ0) is 9.68. The van der Waals surface area contributed by atoms with E-state index in [-0.39, 0.29) is 10.4 Å². The molecule has 5 nitrogen and oxygen atoms in total. The van der Waals surface area contributed by atoms with Crippen LogP contribution in [0.1, 0.15) is 0 Å². The molecule has 72 valence electrons. The molecule has 0 aliphatic rings. The number of hydrogen-bond donors (Lipinski definition) is 1. The molecular formula is C6H8Cl2N4O. The summed E-state index contributed by atoms with van der Waals surface area (Å²) in [6.07, 6.45) is 0. The van der Waals surface area contributed by atoms with Crippen molar-refractivity contribution in [1.29, 1.82) is 0 Å². The van der Waals surface area contributed by atoms with E-state index in [1.807, 2.05) is 0 Å². The number of nitrogens with zero attached hydrogens (tertiary/aromatic N) is 3. The normalized spacial score (nSPS) is 10.1. The number of anilines is 1. The van der Waals surface area contributed by atoms with Crippen LogP contribution in [0.5, 0.6) is 0 Å². The first-order valence-corrected chi connectivity index (χ1v) is 4.28. The summed E-state index contributed by atoms with van der Waals surface area (Å²) < 4.78 is 4.83. The first-order valence-electron chi connectivity index (χ1n) is 3.52. The van der Waals surface area contributed by atoms with Gasteiger partial charge in [-0.25, -0.2) is 0 Å². The average molecular weight is 223 g/mol. The number of ether oxygens (including phenoxy) is 1. The van der Waals surface area contributed by atoms with Crippen molar-refractivity contribution < 1.29 is 4.74 Å². The van der Waals surface area contributed by atoms with E-state index in [0.29, 0.717) is 19.0 Å². The van der Waals surface area contributed by atoms with Gasteiger partial charge in [-0.05, 0) is 11.6 Å². The van der Waals surface area contributed by atoms with Crippen LogP contribution in [0.3, 0.4) is 0 Å². The van der Waals surface area contributed by atoms with Crippen molar-refractivity contribution in [2.45, 2.75) is 0 Å². The number of rotatable bonds is 4. The molecule has 0 fully saturated rings. The monoisotopic (exact) mass is 222 g/mol. The van der Waals surface area contributed by atoms with E-state index in [0.717, 1.165) is 0 Å². The molecule has 13 heavy (non-hydrogen) atoms. The quantitative estimate of drug-likeness (QED) is 0.778. The lowest BCUT2D eigenvalue weighted by molar-refractivity contribution is 0.210. The zero-order valence-electron chi connectivity index (χ0n) is 6.92. The summed E-state index contributed by atoms with van der Waals surface area (Å²) in [6.45, 7) is 1.14. The third kappa shape index (κ3) is 3.30. The van der Waals surface area contributed by atoms with Gasteiger partial charge in [0, 0.05) is 13.7 Å². The predicted molar refractivity (Wildman–Crippen MR) is 50.2 cm³/mol. The molecule has 1 heterocycles. The molecule has 1 aromatic heterocycles. The van der Waals surface area contributed by atoms with Crippen molar-refractivity contribution in [2.75, 3.05) is 25.6 Å². The van der Waals surface area contributed by atoms with Crippen LogP contribution in [0.2, 0.25) is 10.4 Å². The number of aromatic nitrogens is 3. The van der Waals surface area contributed by atoms with Crippen LogP contribution in [-0.2, 0) is 4.74 Å². The lowest BCUT2D eigenvalue weighted by atomic mass is 10.6. The maximum Gasteiger partial charge on any atom is 0.245 e. The highest BCUT2D eigenvalue weighted by Crippen LogP contribution is 2.15. The molecule has 0 bridgehead atoms. The largest absolute Gasteiger partial charge is 0.383 e. The first kappa shape index (κ1) is 10.4. The number of nitrogens with one attached hydrogen (secondary N) is 1. The molecule has 1 rings (SSSR count). The van der Waals surface area contributed by atoms with Crippen LogP contribution in [-0.4, -0.2) is 35.4 Å². The minimum absolute atomic E-state index is 0.0596. The van der Waals surface area contributed by atoms with Crippen molar-refractivity contribution in [3.8, 4) is 0 Å². The van der Waals surface area contributed by atoms with Gasteiger partial charge in [-0.3, -0.25) is 0 Å². The van der Waals surface area contributed by atoms with E-state index < -0.39 is 0 Å². The number of methoxy groups -OCH3 is 1. The summed E-state index contributed by atoms with van der Waals surface area (Å²) in [4.78, 5) is 3.84. The Bertz CT molecular complexity index is 283. The third-order valence-corrected chi connectivity index (χ3v) is 1.63. The molecule has 0 amide bonds. The predicted octanol–water partition coefficient (Wildman–Crippen LogP) is 1.24. The Hall–Kier alpha value is -0.650. The second kappa shape index (κ2) is 5.16. The Balaban J connectivity index is 2.59. The van der Waals surface area contributed by atoms with E-state index >= 15 is 0 Å². The second-order valence-corrected chi connectivity index (χ2v) is 2.84. The molecule has 0 aliphatic carbocycles. The maximum absolute atomic E-state index is 5.68. The molecule has 0 saturated carbocycles. The maximum atomic E-state index is 5.68. The van der Waals surface area contributed by atoms with Crippen molar-refractivity contribution >= 4 is 29.0 Å². The fourth-order valence-corrected chi connectivity index (χ4v) is 0.946. The molecule has 0 aromatic carbocycles. The van der Waals surface area contributed by atoms with Gasteiger partial charge in [0.2, 0.25) is 5.28 Å². The standard InChI is InChI=1S/C6H8Cl2N4O/c1-13-3-2-9-5-4(7)11-12-6(8)10-5/h2-3H2,1H3,(H,9,10,12). The lowest BCUT2D eigenvalue weighted by Gasteiger charge is -2.04. The van der Waals surface area contributed by atoms with Crippen LogP contribution in [0.4, 0.5) is 5.82 Å². The summed E-state index contributed by atoms with van der Waals surface area (Å²) in [5, 5.41) is 10.2. The molecule has 0 aliphatic heterocycles. The van der Waals surface area contributed by atoms with Crippen LogP contribution in [0, 0.1) is 0 Å². The summed E-state index contributed by atoms with van der Waals surface area (Å²) in [5.41, 5.74) is 0. The molecule has 7 heteroatoms. The van der Waals surface area contributed by atoms with Gasteiger partial charge in [0.15, 0.2) is 11.0 Å². The van der Waals surface area contributed by atoms with Gasteiger partial charge in [0.25, 0.3) is 0 Å². The van der Waals surface area contributed by atoms with Crippen LogP contribution >= 0.6 is 23.2 Å². The van der Waals surface area contributed by atoms with Gasteiger partial charge in [-0.1, -0.05) is 11.6 Å². The van der Waals surface area contributed by atoms with Crippen molar-refractivity contribution in [3.05, 3.63) is 10.4 Å². The second-order valence-electron chi connectivity index (χ2n) is 2.14. The molecule has 1 aromatic rings. The van der Waals surface area contributed by atoms with E-state index in [1.54, 1.807) is 7.11 Å². The Morgan fingerprint density at radius 3 is 2.85 bits per heavy atom. The Morgan fingerprint density at radius 2 is 2.15 bits per heavy atom. The Labute approximate surface area is 85.4 Å². The van der Waals surface area contributed by atoms with E-state index in [9.17, 15) is 0 Å². The van der Waals surface area contributed by atoms with Gasteiger partial charge in [-0.2, -0.15) is 4.98 Å². The molecule has 0 spiro atoms. The summed E-state index contributed by atoms with van der Waals surface area (Å²) in [7, 11) is 1.61. The lowest BCUT2D eigenvalue weighted by Crippen LogP contribution is -2.10. The van der Waals surface area contributed by atoms with E-state index in [2.05, 4.69) is 20.5 Å². The Morgan fingerprint density at radius 1 is 1.38 bits per heavy atom. The molecule has 0 atom stereocenters. The molecular weight excluding hydrogens is 215 g/mol. The highest BCUT2D eigenvalue weighted by atomic mass is 35.5. The fourth-order valence-electron chi connectivity index (χ4n) is 0.677. The third-order valence-electron chi connectivity index (χ3n) is 1.22. The fraction of sp³-hybridized carbons (Fsp3) is 0.500. The summed E-state index contributed by atoms with van der Waals surface area (Å²) in [5.74, 6) is 0.415. The minimum atomic E-state index is 0.0596. The van der Waals surface area contributed by atoms with Crippen molar-refractivity contribution in [2.24, 2.45) is 0 Å². The van der Waals surface area contributed by atoms with Gasteiger partial charge >= 0.3 is 0 Å². The summed E-state index contributed by atoms with van der Waals surface area (Å²) in [6, 6.07) is 0. The zero-order valence-corrected chi connectivity index (χ0v) is 8.43. The van der Waals surface area contributed by atoms with Crippen LogP contribution in [0.15, 0.2) is 0 Å². The first-order chi connectivity index (χ1) is 6.24. The molecule has 0 unspecified atom stereocenters. The highest BCUT2D eigenvalue weighted by Gasteiger charge is 2.04. The smallest absolute Gasteiger partial charge is 0.245 e. The summed E-state index contributed by atoms with van der Waals surface area (Å²) >= 11 is 11.2.